The van der Waals surface area contributed by atoms with Gasteiger partial charge in [0.15, 0.2) is 0 Å². The van der Waals surface area contributed by atoms with E-state index in [9.17, 15) is 9.59 Å². The van der Waals surface area contributed by atoms with Gasteiger partial charge in [0.1, 0.15) is 0 Å². The van der Waals surface area contributed by atoms with Crippen LogP contribution in [-0.4, -0.2) is 56.0 Å². The van der Waals surface area contributed by atoms with Crippen LogP contribution in [0.3, 0.4) is 0 Å². The topological polar surface area (TPSA) is 52.6 Å². The monoisotopic (exact) mass is 187 g/mol. The lowest BCUT2D eigenvalue weighted by molar-refractivity contribution is -0.118. The van der Waals surface area contributed by atoms with Gasteiger partial charge < -0.3 is 15.1 Å². The third kappa shape index (κ3) is 4.35. The standard InChI is InChI=1S/C5H10N2O.C3H7NO/c1-6-3-4-7(2)5(6)8;1-3(5)4-2/h3-4H2,1-2H3;1-2H3,(H,4,5). The van der Waals surface area contributed by atoms with Crippen molar-refractivity contribution in [3.05, 3.63) is 0 Å². The summed E-state index contributed by atoms with van der Waals surface area (Å²) in [6, 6.07) is 0.130. The van der Waals surface area contributed by atoms with E-state index in [2.05, 4.69) is 5.32 Å². The van der Waals surface area contributed by atoms with Crippen LogP contribution in [0.4, 0.5) is 4.79 Å². The Morgan fingerprint density at radius 2 is 1.62 bits per heavy atom. The van der Waals surface area contributed by atoms with Gasteiger partial charge >= 0.3 is 6.03 Å². The van der Waals surface area contributed by atoms with E-state index in [-0.39, 0.29) is 11.9 Å². The molecular weight excluding hydrogens is 170 g/mol. The van der Waals surface area contributed by atoms with Gasteiger partial charge in [-0.25, -0.2) is 4.79 Å². The van der Waals surface area contributed by atoms with E-state index in [0.717, 1.165) is 13.1 Å². The predicted octanol–water partition coefficient (Wildman–Crippen LogP) is -0.264. The molecule has 5 heteroatoms. The second-order valence-electron chi connectivity index (χ2n) is 2.93. The van der Waals surface area contributed by atoms with Crippen LogP contribution in [0.1, 0.15) is 6.92 Å². The highest BCUT2D eigenvalue weighted by Gasteiger charge is 2.20. The first-order valence-electron chi connectivity index (χ1n) is 4.13. The molecule has 1 N–H and O–H groups in total. The highest BCUT2D eigenvalue weighted by atomic mass is 16.2. The Bertz CT molecular complexity index is 182. The van der Waals surface area contributed by atoms with Gasteiger partial charge in [0.2, 0.25) is 5.91 Å². The Kier molecular flexibility index (Phi) is 4.87. The van der Waals surface area contributed by atoms with E-state index < -0.39 is 0 Å². The van der Waals surface area contributed by atoms with Crippen molar-refractivity contribution in [1.29, 1.82) is 0 Å². The summed E-state index contributed by atoms with van der Waals surface area (Å²) in [7, 11) is 5.22. The van der Waals surface area contributed by atoms with Crippen LogP contribution < -0.4 is 5.32 Å². The molecule has 0 radical (unpaired) electrons. The van der Waals surface area contributed by atoms with Gasteiger partial charge in [-0.3, -0.25) is 4.79 Å². The second kappa shape index (κ2) is 5.40. The molecule has 3 amide bonds. The number of carbonyl (C=O) groups is 2. The molecule has 0 aromatic carbocycles. The third-order valence-corrected chi connectivity index (χ3v) is 1.78. The van der Waals surface area contributed by atoms with Crippen molar-refractivity contribution in [2.75, 3.05) is 34.2 Å². The first-order chi connectivity index (χ1) is 5.99. The maximum atomic E-state index is 10.8. The number of rotatable bonds is 0. The highest BCUT2D eigenvalue weighted by molar-refractivity contribution is 5.75. The van der Waals surface area contributed by atoms with E-state index >= 15 is 0 Å². The van der Waals surface area contributed by atoms with Gasteiger partial charge in [0, 0.05) is 41.2 Å². The number of nitrogens with zero attached hydrogens (tertiary/aromatic N) is 2. The fourth-order valence-corrected chi connectivity index (χ4v) is 0.783. The van der Waals surface area contributed by atoms with Crippen molar-refractivity contribution in [3.63, 3.8) is 0 Å². The van der Waals surface area contributed by atoms with Crippen LogP contribution >= 0.6 is 0 Å². The van der Waals surface area contributed by atoms with Crippen LogP contribution in [0, 0.1) is 0 Å². The number of likely N-dealkylation sites (N-methyl/N-ethyl adjacent to an activating group) is 2. The molecule has 1 saturated heterocycles. The molecule has 0 bridgehead atoms. The fourth-order valence-electron chi connectivity index (χ4n) is 0.783. The van der Waals surface area contributed by atoms with Gasteiger partial charge in [-0.05, 0) is 0 Å². The van der Waals surface area contributed by atoms with Gasteiger partial charge in [-0.2, -0.15) is 0 Å². The summed E-state index contributed by atoms with van der Waals surface area (Å²) in [4.78, 5) is 23.9. The summed E-state index contributed by atoms with van der Waals surface area (Å²) < 4.78 is 0. The molecule has 5 nitrogen and oxygen atoms in total. The highest BCUT2D eigenvalue weighted by Crippen LogP contribution is 2.00. The Morgan fingerprint density at radius 3 is 1.69 bits per heavy atom. The fraction of sp³-hybridized carbons (Fsp3) is 0.750. The Morgan fingerprint density at radius 1 is 1.31 bits per heavy atom. The minimum atomic E-state index is 0.00463. The molecule has 1 aliphatic heterocycles. The zero-order valence-corrected chi connectivity index (χ0v) is 8.63. The lowest BCUT2D eigenvalue weighted by Gasteiger charge is -2.07. The van der Waals surface area contributed by atoms with E-state index in [0.29, 0.717) is 0 Å². The largest absolute Gasteiger partial charge is 0.359 e. The molecule has 0 unspecified atom stereocenters. The molecule has 76 valence electrons. The quantitative estimate of drug-likeness (QED) is 0.568. The molecule has 0 aromatic heterocycles. The summed E-state index contributed by atoms with van der Waals surface area (Å²) in [6.45, 7) is 3.21. The number of urea groups is 1. The Balaban J connectivity index is 0.000000252. The van der Waals surface area contributed by atoms with Crippen LogP contribution in [0.15, 0.2) is 0 Å². The van der Waals surface area contributed by atoms with Crippen molar-refractivity contribution < 1.29 is 9.59 Å². The molecule has 1 rings (SSSR count). The molecule has 1 aliphatic rings. The summed E-state index contributed by atoms with van der Waals surface area (Å²) in [5, 5.41) is 2.39. The van der Waals surface area contributed by atoms with E-state index in [1.54, 1.807) is 16.8 Å². The molecule has 0 aliphatic carbocycles. The third-order valence-electron chi connectivity index (χ3n) is 1.78. The number of hydrogen-bond acceptors (Lipinski definition) is 2. The van der Waals surface area contributed by atoms with E-state index in [4.69, 9.17) is 0 Å². The second-order valence-corrected chi connectivity index (χ2v) is 2.93. The zero-order chi connectivity index (χ0) is 10.4. The van der Waals surface area contributed by atoms with Gasteiger partial charge in [0.25, 0.3) is 0 Å². The Hall–Kier alpha value is -1.26. The van der Waals surface area contributed by atoms with Crippen LogP contribution in [0.25, 0.3) is 0 Å². The average Bonchev–Trinajstić information content (AvgIpc) is 2.37. The van der Waals surface area contributed by atoms with Crippen molar-refractivity contribution in [1.82, 2.24) is 15.1 Å². The first-order valence-corrected chi connectivity index (χ1v) is 4.13. The molecule has 1 heterocycles. The number of hydrogen-bond donors (Lipinski definition) is 1. The molecule has 0 aromatic rings. The summed E-state index contributed by atoms with van der Waals surface area (Å²) in [5.41, 5.74) is 0. The summed E-state index contributed by atoms with van der Waals surface area (Å²) in [5.74, 6) is 0.00463. The number of amides is 3. The number of carbonyl (C=O) groups excluding carboxylic acids is 2. The molecule has 0 atom stereocenters. The molecule has 1 fully saturated rings. The van der Waals surface area contributed by atoms with E-state index in [1.807, 2.05) is 14.1 Å². The summed E-state index contributed by atoms with van der Waals surface area (Å²) >= 11 is 0. The lowest BCUT2D eigenvalue weighted by atomic mass is 10.6. The Labute approximate surface area is 78.7 Å². The van der Waals surface area contributed by atoms with Crippen LogP contribution in [0.2, 0.25) is 0 Å². The molecule has 0 spiro atoms. The zero-order valence-electron chi connectivity index (χ0n) is 8.63. The minimum absolute atomic E-state index is 0.00463. The maximum absolute atomic E-state index is 10.8. The number of nitrogens with one attached hydrogen (secondary N) is 1. The normalized spacial score (nSPS) is 15.2. The van der Waals surface area contributed by atoms with Crippen LogP contribution in [-0.2, 0) is 4.79 Å². The molecular formula is C8H17N3O2. The molecule has 0 saturated carbocycles. The maximum Gasteiger partial charge on any atom is 0.319 e. The lowest BCUT2D eigenvalue weighted by Crippen LogP contribution is -2.25. The smallest absolute Gasteiger partial charge is 0.319 e. The predicted molar refractivity (Wildman–Crippen MR) is 50.4 cm³/mol. The minimum Gasteiger partial charge on any atom is -0.359 e. The molecule has 13 heavy (non-hydrogen) atoms. The van der Waals surface area contributed by atoms with Gasteiger partial charge in [0.05, 0.1) is 0 Å². The summed E-state index contributed by atoms with van der Waals surface area (Å²) in [6.07, 6.45) is 0. The van der Waals surface area contributed by atoms with Crippen molar-refractivity contribution in [2.24, 2.45) is 0 Å². The SMILES string of the molecule is CN1CCN(C)C1=O.CNC(C)=O. The van der Waals surface area contributed by atoms with Crippen molar-refractivity contribution >= 4 is 11.9 Å². The van der Waals surface area contributed by atoms with Crippen molar-refractivity contribution in [3.8, 4) is 0 Å². The van der Waals surface area contributed by atoms with Crippen LogP contribution in [0.5, 0.6) is 0 Å². The first kappa shape index (κ1) is 11.7. The van der Waals surface area contributed by atoms with Gasteiger partial charge in [-0.1, -0.05) is 0 Å². The average molecular weight is 187 g/mol. The van der Waals surface area contributed by atoms with E-state index in [1.165, 1.54) is 6.92 Å². The van der Waals surface area contributed by atoms with Gasteiger partial charge in [-0.15, -0.1) is 0 Å². The van der Waals surface area contributed by atoms with Crippen molar-refractivity contribution in [2.45, 2.75) is 6.92 Å².